The van der Waals surface area contributed by atoms with Crippen LogP contribution in [-0.4, -0.2) is 13.0 Å². The first kappa shape index (κ1) is 11.2. The van der Waals surface area contributed by atoms with Gasteiger partial charge in [-0.3, -0.25) is 10.2 Å². The van der Waals surface area contributed by atoms with Crippen LogP contribution in [0.15, 0.2) is 24.3 Å². The highest BCUT2D eigenvalue weighted by Crippen LogP contribution is 2.18. The standard InChI is InChI=1S/C10H11FN2O2/c1-15-9-4-2-7(6-8(9)11)3-5-10(14)13-12/h2-6H,12H2,1H3,(H,13,14)/b5-3+. The van der Waals surface area contributed by atoms with Gasteiger partial charge in [0.05, 0.1) is 7.11 Å². The minimum absolute atomic E-state index is 0.162. The lowest BCUT2D eigenvalue weighted by Crippen LogP contribution is -2.27. The molecule has 1 aromatic rings. The summed E-state index contributed by atoms with van der Waals surface area (Å²) in [7, 11) is 1.38. The number of rotatable bonds is 3. The van der Waals surface area contributed by atoms with Gasteiger partial charge in [0.15, 0.2) is 11.6 Å². The summed E-state index contributed by atoms with van der Waals surface area (Å²) in [5.74, 6) is 4.10. The maximum Gasteiger partial charge on any atom is 0.257 e. The first-order chi connectivity index (χ1) is 7.17. The van der Waals surface area contributed by atoms with E-state index in [1.54, 1.807) is 6.07 Å². The van der Waals surface area contributed by atoms with Crippen LogP contribution >= 0.6 is 0 Å². The molecule has 0 aliphatic rings. The quantitative estimate of drug-likeness (QED) is 0.336. The van der Waals surface area contributed by atoms with Crippen molar-refractivity contribution in [3.63, 3.8) is 0 Å². The number of nitrogens with two attached hydrogens (primary N) is 1. The Bertz CT molecular complexity index is 391. The van der Waals surface area contributed by atoms with Crippen LogP contribution in [0.2, 0.25) is 0 Å². The highest BCUT2D eigenvalue weighted by atomic mass is 19.1. The van der Waals surface area contributed by atoms with Gasteiger partial charge in [-0.15, -0.1) is 0 Å². The van der Waals surface area contributed by atoms with E-state index in [0.29, 0.717) is 5.56 Å². The van der Waals surface area contributed by atoms with Crippen molar-refractivity contribution in [3.8, 4) is 5.75 Å². The minimum atomic E-state index is -0.479. The third-order valence-corrected chi connectivity index (χ3v) is 1.75. The Morgan fingerprint density at radius 1 is 1.60 bits per heavy atom. The SMILES string of the molecule is COc1ccc(/C=C/C(=O)NN)cc1F. The average molecular weight is 210 g/mol. The molecule has 0 unspecified atom stereocenters. The van der Waals surface area contributed by atoms with Crippen LogP contribution in [0.5, 0.6) is 5.75 Å². The molecule has 1 rings (SSSR count). The molecule has 0 heterocycles. The van der Waals surface area contributed by atoms with Gasteiger partial charge in [-0.25, -0.2) is 10.2 Å². The van der Waals surface area contributed by atoms with Crippen molar-refractivity contribution in [2.24, 2.45) is 5.84 Å². The van der Waals surface area contributed by atoms with Gasteiger partial charge in [-0.1, -0.05) is 6.07 Å². The number of nitrogens with one attached hydrogen (secondary N) is 1. The van der Waals surface area contributed by atoms with E-state index in [1.807, 2.05) is 5.43 Å². The van der Waals surface area contributed by atoms with Gasteiger partial charge in [-0.05, 0) is 23.8 Å². The molecule has 4 nitrogen and oxygen atoms in total. The summed E-state index contributed by atoms with van der Waals surface area (Å²) in [4.78, 5) is 10.8. The number of benzene rings is 1. The second-order valence-corrected chi connectivity index (χ2v) is 2.74. The fourth-order valence-electron chi connectivity index (χ4n) is 1.01. The molecular formula is C10H11FN2O2. The molecule has 0 aromatic heterocycles. The summed E-state index contributed by atoms with van der Waals surface area (Å²) in [6.07, 6.45) is 2.66. The van der Waals surface area contributed by atoms with E-state index in [4.69, 9.17) is 10.6 Å². The van der Waals surface area contributed by atoms with E-state index < -0.39 is 11.7 Å². The zero-order valence-corrected chi connectivity index (χ0v) is 8.16. The van der Waals surface area contributed by atoms with Crippen LogP contribution in [0, 0.1) is 5.82 Å². The molecule has 1 aromatic carbocycles. The van der Waals surface area contributed by atoms with Crippen molar-refractivity contribution in [3.05, 3.63) is 35.7 Å². The number of carbonyl (C=O) groups excluding carboxylic acids is 1. The van der Waals surface area contributed by atoms with E-state index in [2.05, 4.69) is 0 Å². The van der Waals surface area contributed by atoms with Crippen molar-refractivity contribution < 1.29 is 13.9 Å². The van der Waals surface area contributed by atoms with Crippen LogP contribution < -0.4 is 16.0 Å². The molecule has 0 spiro atoms. The van der Waals surface area contributed by atoms with E-state index in [1.165, 1.54) is 31.4 Å². The fraction of sp³-hybridized carbons (Fsp3) is 0.100. The summed E-state index contributed by atoms with van der Waals surface area (Å²) in [5.41, 5.74) is 2.48. The Morgan fingerprint density at radius 3 is 2.87 bits per heavy atom. The van der Waals surface area contributed by atoms with Gasteiger partial charge in [-0.2, -0.15) is 0 Å². The number of hydrazine groups is 1. The molecule has 0 bridgehead atoms. The number of halogens is 1. The highest BCUT2D eigenvalue weighted by molar-refractivity contribution is 5.91. The largest absolute Gasteiger partial charge is 0.494 e. The van der Waals surface area contributed by atoms with Gasteiger partial charge in [0.1, 0.15) is 0 Å². The maximum absolute atomic E-state index is 13.2. The lowest BCUT2D eigenvalue weighted by Gasteiger charge is -2.01. The number of carbonyl (C=O) groups is 1. The molecule has 0 saturated carbocycles. The van der Waals surface area contributed by atoms with Crippen LogP contribution in [0.1, 0.15) is 5.56 Å². The third-order valence-electron chi connectivity index (χ3n) is 1.75. The summed E-state index contributed by atoms with van der Waals surface area (Å²) < 4.78 is 17.9. The van der Waals surface area contributed by atoms with Crippen molar-refractivity contribution in [2.45, 2.75) is 0 Å². The summed E-state index contributed by atoms with van der Waals surface area (Å²) >= 11 is 0. The molecule has 15 heavy (non-hydrogen) atoms. The zero-order chi connectivity index (χ0) is 11.3. The van der Waals surface area contributed by atoms with Gasteiger partial charge >= 0.3 is 0 Å². The van der Waals surface area contributed by atoms with E-state index >= 15 is 0 Å². The topological polar surface area (TPSA) is 64.3 Å². The summed E-state index contributed by atoms with van der Waals surface area (Å²) in [6, 6.07) is 4.37. The van der Waals surface area contributed by atoms with Gasteiger partial charge < -0.3 is 4.74 Å². The third kappa shape index (κ3) is 3.07. The molecule has 0 fully saturated rings. The predicted molar refractivity (Wildman–Crippen MR) is 54.3 cm³/mol. The van der Waals surface area contributed by atoms with E-state index in [0.717, 1.165) is 0 Å². The molecule has 0 aliphatic carbocycles. The Balaban J connectivity index is 2.84. The van der Waals surface area contributed by atoms with Crippen LogP contribution in [0.3, 0.4) is 0 Å². The lowest BCUT2D eigenvalue weighted by atomic mass is 10.2. The van der Waals surface area contributed by atoms with Crippen LogP contribution in [0.25, 0.3) is 6.08 Å². The van der Waals surface area contributed by atoms with Crippen molar-refractivity contribution >= 4 is 12.0 Å². The Kier molecular flexibility index (Phi) is 3.82. The number of ether oxygens (including phenoxy) is 1. The molecule has 0 atom stereocenters. The number of hydrogen-bond donors (Lipinski definition) is 2. The average Bonchev–Trinajstić information content (AvgIpc) is 2.26. The highest BCUT2D eigenvalue weighted by Gasteiger charge is 2.01. The van der Waals surface area contributed by atoms with Crippen LogP contribution in [0.4, 0.5) is 4.39 Å². The fourth-order valence-corrected chi connectivity index (χ4v) is 1.01. The maximum atomic E-state index is 13.2. The Hall–Kier alpha value is -1.88. The van der Waals surface area contributed by atoms with Gasteiger partial charge in [0.2, 0.25) is 0 Å². The molecule has 80 valence electrons. The second kappa shape index (κ2) is 5.11. The number of hydrogen-bond acceptors (Lipinski definition) is 3. The normalized spacial score (nSPS) is 10.3. The molecule has 0 saturated heterocycles. The molecule has 5 heteroatoms. The van der Waals surface area contributed by atoms with E-state index in [9.17, 15) is 9.18 Å². The molecule has 3 N–H and O–H groups in total. The van der Waals surface area contributed by atoms with Crippen molar-refractivity contribution in [1.82, 2.24) is 5.43 Å². The first-order valence-corrected chi connectivity index (χ1v) is 4.19. The predicted octanol–water partition coefficient (Wildman–Crippen LogP) is 0.837. The minimum Gasteiger partial charge on any atom is -0.494 e. The lowest BCUT2D eigenvalue weighted by molar-refractivity contribution is -0.116. The monoisotopic (exact) mass is 210 g/mol. The first-order valence-electron chi connectivity index (χ1n) is 4.19. The molecule has 1 amide bonds. The van der Waals surface area contributed by atoms with Gasteiger partial charge in [0, 0.05) is 6.08 Å². The molecule has 0 aliphatic heterocycles. The van der Waals surface area contributed by atoms with Gasteiger partial charge in [0.25, 0.3) is 5.91 Å². The van der Waals surface area contributed by atoms with E-state index in [-0.39, 0.29) is 5.75 Å². The molecular weight excluding hydrogens is 199 g/mol. The van der Waals surface area contributed by atoms with Crippen molar-refractivity contribution in [2.75, 3.05) is 7.11 Å². The smallest absolute Gasteiger partial charge is 0.257 e. The van der Waals surface area contributed by atoms with Crippen LogP contribution in [-0.2, 0) is 4.79 Å². The zero-order valence-electron chi connectivity index (χ0n) is 8.16. The Labute approximate surface area is 86.5 Å². The molecule has 0 radical (unpaired) electrons. The number of methoxy groups -OCH3 is 1. The summed E-state index contributed by atoms with van der Waals surface area (Å²) in [5, 5.41) is 0. The summed E-state index contributed by atoms with van der Waals surface area (Å²) in [6.45, 7) is 0. The number of amides is 1. The second-order valence-electron chi connectivity index (χ2n) is 2.74. The Morgan fingerprint density at radius 2 is 2.33 bits per heavy atom. The van der Waals surface area contributed by atoms with Crippen molar-refractivity contribution in [1.29, 1.82) is 0 Å².